The summed E-state index contributed by atoms with van der Waals surface area (Å²) in [6.45, 7) is 0. The molecule has 0 saturated carbocycles. The fourth-order valence-corrected chi connectivity index (χ4v) is 6.87. The second-order valence-electron chi connectivity index (χ2n) is 11.4. The molecule has 0 aliphatic carbocycles. The van der Waals surface area contributed by atoms with Crippen LogP contribution in [0.2, 0.25) is 0 Å². The largest absolute Gasteiger partial charge is 0.292 e. The summed E-state index contributed by atoms with van der Waals surface area (Å²) in [4.78, 5) is 10.1. The second kappa shape index (κ2) is 10.3. The SMILES string of the molecule is c1ccc(-n2c(-c3ccc(-c4c5ccccc5c(-c5cccc6ccccc56)c5ncccc45)cc3)nc3ccccc32)cc1. The maximum atomic E-state index is 5.08. The Balaban J connectivity index is 1.27. The van der Waals surface area contributed by atoms with Gasteiger partial charge in [0, 0.05) is 28.4 Å². The van der Waals surface area contributed by atoms with Crippen LogP contribution in [0, 0.1) is 0 Å². The molecule has 3 heteroatoms. The van der Waals surface area contributed by atoms with Crippen LogP contribution >= 0.6 is 0 Å². The van der Waals surface area contributed by atoms with Gasteiger partial charge in [-0.3, -0.25) is 9.55 Å². The van der Waals surface area contributed by atoms with Gasteiger partial charge in [-0.05, 0) is 68.6 Å². The molecule has 0 aliphatic rings. The highest BCUT2D eigenvalue weighted by Crippen LogP contribution is 2.44. The molecule has 0 atom stereocenters. The molecule has 45 heavy (non-hydrogen) atoms. The first kappa shape index (κ1) is 25.4. The van der Waals surface area contributed by atoms with Gasteiger partial charge in [-0.15, -0.1) is 0 Å². The van der Waals surface area contributed by atoms with Gasteiger partial charge in [-0.25, -0.2) is 4.98 Å². The molecule has 0 unspecified atom stereocenters. The highest BCUT2D eigenvalue weighted by molar-refractivity contribution is 6.22. The molecule has 210 valence electrons. The lowest BCUT2D eigenvalue weighted by atomic mass is 9.86. The molecule has 0 N–H and O–H groups in total. The van der Waals surface area contributed by atoms with E-state index in [-0.39, 0.29) is 0 Å². The summed E-state index contributed by atoms with van der Waals surface area (Å²) in [7, 11) is 0. The Kier molecular flexibility index (Phi) is 5.82. The average Bonchev–Trinajstić information content (AvgIpc) is 3.51. The summed E-state index contributed by atoms with van der Waals surface area (Å²) in [6, 6.07) is 55.8. The molecule has 0 aliphatic heterocycles. The van der Waals surface area contributed by atoms with E-state index in [4.69, 9.17) is 9.97 Å². The minimum Gasteiger partial charge on any atom is -0.292 e. The van der Waals surface area contributed by atoms with Crippen molar-refractivity contribution in [2.45, 2.75) is 0 Å². The van der Waals surface area contributed by atoms with Crippen LogP contribution in [0.5, 0.6) is 0 Å². The molecular formula is C42H27N3. The van der Waals surface area contributed by atoms with E-state index in [2.05, 4.69) is 144 Å². The summed E-state index contributed by atoms with van der Waals surface area (Å²) in [5.74, 6) is 0.927. The van der Waals surface area contributed by atoms with Crippen molar-refractivity contribution in [3.05, 3.63) is 164 Å². The second-order valence-corrected chi connectivity index (χ2v) is 11.4. The number of aromatic nitrogens is 3. The highest BCUT2D eigenvalue weighted by Gasteiger charge is 2.19. The van der Waals surface area contributed by atoms with Crippen LogP contribution in [0.15, 0.2) is 164 Å². The Labute approximate surface area is 260 Å². The van der Waals surface area contributed by atoms with E-state index in [9.17, 15) is 0 Å². The number of para-hydroxylation sites is 3. The molecular weight excluding hydrogens is 546 g/mol. The minimum atomic E-state index is 0.927. The number of fused-ring (bicyclic) bond motifs is 4. The molecule has 0 bridgehead atoms. The van der Waals surface area contributed by atoms with Gasteiger partial charge in [0.2, 0.25) is 0 Å². The molecule has 9 rings (SSSR count). The van der Waals surface area contributed by atoms with E-state index >= 15 is 0 Å². The number of nitrogens with zero attached hydrogens (tertiary/aromatic N) is 3. The van der Waals surface area contributed by atoms with Crippen LogP contribution < -0.4 is 0 Å². The third-order valence-electron chi connectivity index (χ3n) is 8.85. The normalized spacial score (nSPS) is 11.6. The van der Waals surface area contributed by atoms with E-state index in [1.54, 1.807) is 0 Å². The predicted octanol–water partition coefficient (Wildman–Crippen LogP) is 10.9. The zero-order chi connectivity index (χ0) is 29.7. The fraction of sp³-hybridized carbons (Fsp3) is 0. The Morgan fingerprint density at radius 1 is 0.444 bits per heavy atom. The maximum Gasteiger partial charge on any atom is 0.145 e. The third kappa shape index (κ3) is 4.05. The van der Waals surface area contributed by atoms with Crippen molar-refractivity contribution in [3.8, 4) is 39.3 Å². The summed E-state index contributed by atoms with van der Waals surface area (Å²) < 4.78 is 2.25. The van der Waals surface area contributed by atoms with E-state index in [0.717, 1.165) is 44.6 Å². The summed E-state index contributed by atoms with van der Waals surface area (Å²) in [5, 5.41) is 6.01. The van der Waals surface area contributed by atoms with Crippen molar-refractivity contribution >= 4 is 43.5 Å². The Morgan fingerprint density at radius 2 is 1.09 bits per heavy atom. The zero-order valence-electron chi connectivity index (χ0n) is 24.4. The standard InChI is InChI=1S/C42H27N3/c1-2-14-31(15-3-1)45-38-22-9-8-21-37(38)44-42(45)30-25-23-29(24-26-30)39-34-17-6-7-18-35(34)40(41-36(39)20-11-27-43-41)33-19-10-13-28-12-4-5-16-32(28)33/h1-27H. The first-order valence-electron chi connectivity index (χ1n) is 15.3. The third-order valence-corrected chi connectivity index (χ3v) is 8.85. The van der Waals surface area contributed by atoms with Crippen LogP contribution in [0.25, 0.3) is 82.8 Å². The molecule has 2 heterocycles. The number of hydrogen-bond acceptors (Lipinski definition) is 2. The highest BCUT2D eigenvalue weighted by atomic mass is 15.1. The van der Waals surface area contributed by atoms with E-state index < -0.39 is 0 Å². The summed E-state index contributed by atoms with van der Waals surface area (Å²) in [6.07, 6.45) is 1.91. The smallest absolute Gasteiger partial charge is 0.145 e. The van der Waals surface area contributed by atoms with Crippen molar-refractivity contribution in [2.24, 2.45) is 0 Å². The van der Waals surface area contributed by atoms with Crippen molar-refractivity contribution in [3.63, 3.8) is 0 Å². The molecule has 2 aromatic heterocycles. The lowest BCUT2D eigenvalue weighted by Crippen LogP contribution is -1.97. The maximum absolute atomic E-state index is 5.08. The van der Waals surface area contributed by atoms with E-state index in [1.165, 1.54) is 38.2 Å². The van der Waals surface area contributed by atoms with Crippen molar-refractivity contribution in [1.82, 2.24) is 14.5 Å². The van der Waals surface area contributed by atoms with Crippen LogP contribution in [0.3, 0.4) is 0 Å². The molecule has 0 spiro atoms. The van der Waals surface area contributed by atoms with Gasteiger partial charge in [0.1, 0.15) is 5.82 Å². The van der Waals surface area contributed by atoms with E-state index in [0.29, 0.717) is 0 Å². The Morgan fingerprint density at radius 3 is 1.93 bits per heavy atom. The van der Waals surface area contributed by atoms with Crippen LogP contribution in [-0.2, 0) is 0 Å². The number of imidazole rings is 1. The molecule has 0 fully saturated rings. The zero-order valence-corrected chi connectivity index (χ0v) is 24.4. The van der Waals surface area contributed by atoms with Crippen LogP contribution in [0.4, 0.5) is 0 Å². The van der Waals surface area contributed by atoms with Gasteiger partial charge < -0.3 is 0 Å². The number of rotatable bonds is 4. The van der Waals surface area contributed by atoms with Crippen LogP contribution in [-0.4, -0.2) is 14.5 Å². The minimum absolute atomic E-state index is 0.927. The van der Waals surface area contributed by atoms with Gasteiger partial charge in [0.25, 0.3) is 0 Å². The van der Waals surface area contributed by atoms with Gasteiger partial charge in [0.05, 0.1) is 16.6 Å². The number of hydrogen-bond donors (Lipinski definition) is 0. The van der Waals surface area contributed by atoms with Gasteiger partial charge in [-0.1, -0.05) is 127 Å². The monoisotopic (exact) mass is 573 g/mol. The first-order valence-corrected chi connectivity index (χ1v) is 15.3. The van der Waals surface area contributed by atoms with Crippen LogP contribution in [0.1, 0.15) is 0 Å². The number of benzene rings is 7. The lowest BCUT2D eigenvalue weighted by Gasteiger charge is -2.18. The van der Waals surface area contributed by atoms with Crippen molar-refractivity contribution < 1.29 is 0 Å². The predicted molar refractivity (Wildman–Crippen MR) is 188 cm³/mol. The lowest BCUT2D eigenvalue weighted by molar-refractivity contribution is 1.10. The summed E-state index contributed by atoms with van der Waals surface area (Å²) in [5.41, 5.74) is 9.97. The fourth-order valence-electron chi connectivity index (χ4n) is 6.87. The first-order chi connectivity index (χ1) is 22.3. The molecule has 0 amide bonds. The summed E-state index contributed by atoms with van der Waals surface area (Å²) >= 11 is 0. The Hall–Kier alpha value is -6.06. The number of pyridine rings is 1. The van der Waals surface area contributed by atoms with Crippen molar-refractivity contribution in [1.29, 1.82) is 0 Å². The van der Waals surface area contributed by atoms with Gasteiger partial charge in [0.15, 0.2) is 0 Å². The van der Waals surface area contributed by atoms with Gasteiger partial charge >= 0.3 is 0 Å². The molecule has 0 saturated heterocycles. The Bertz CT molecular complexity index is 2460. The van der Waals surface area contributed by atoms with Crippen molar-refractivity contribution in [2.75, 3.05) is 0 Å². The molecule has 9 aromatic rings. The van der Waals surface area contributed by atoms with E-state index in [1.807, 2.05) is 24.4 Å². The average molecular weight is 574 g/mol. The topological polar surface area (TPSA) is 30.7 Å². The molecule has 3 nitrogen and oxygen atoms in total. The quantitative estimate of drug-likeness (QED) is 0.196. The molecule has 0 radical (unpaired) electrons. The molecule has 7 aromatic carbocycles. The van der Waals surface area contributed by atoms with Gasteiger partial charge in [-0.2, -0.15) is 0 Å².